The Morgan fingerprint density at radius 2 is 1.81 bits per heavy atom. The number of nitrogens with one attached hydrogen (secondary N) is 2. The summed E-state index contributed by atoms with van der Waals surface area (Å²) >= 11 is 0. The summed E-state index contributed by atoms with van der Waals surface area (Å²) in [5, 5.41) is 14.0. The summed E-state index contributed by atoms with van der Waals surface area (Å²) in [5.41, 5.74) is 1.24. The maximum absolute atomic E-state index is 12.2. The number of hydrogen-bond acceptors (Lipinski definition) is 3. The third-order valence-corrected chi connectivity index (χ3v) is 3.23. The van der Waals surface area contributed by atoms with Gasteiger partial charge in [-0.1, -0.05) is 24.3 Å². The van der Waals surface area contributed by atoms with Crippen LogP contribution in [0.3, 0.4) is 0 Å². The van der Waals surface area contributed by atoms with Crippen molar-refractivity contribution in [1.82, 2.24) is 4.98 Å². The van der Waals surface area contributed by atoms with Gasteiger partial charge in [-0.3, -0.25) is 9.59 Å². The van der Waals surface area contributed by atoms with E-state index >= 15 is 0 Å². The van der Waals surface area contributed by atoms with Crippen LogP contribution in [0.15, 0.2) is 48.5 Å². The lowest BCUT2D eigenvalue weighted by Crippen LogP contribution is -2.12. The summed E-state index contributed by atoms with van der Waals surface area (Å²) in [5.74, 6) is -0.189. The quantitative estimate of drug-likeness (QED) is 0.645. The number of carbonyl (C=O) groups is 2. The highest BCUT2D eigenvalue weighted by molar-refractivity contribution is 6.09. The summed E-state index contributed by atoms with van der Waals surface area (Å²) in [4.78, 5) is 25.5. The number of phenols is 1. The van der Waals surface area contributed by atoms with E-state index in [9.17, 15) is 14.7 Å². The molecule has 0 aliphatic carbocycles. The van der Waals surface area contributed by atoms with Gasteiger partial charge in [0.05, 0.1) is 5.69 Å². The molecule has 0 fully saturated rings. The lowest BCUT2D eigenvalue weighted by Gasteiger charge is -2.08. The number of benzene rings is 2. The Bertz CT molecular complexity index is 836. The number of H-pyrrole nitrogens is 1. The number of hydrogen-bond donors (Lipinski definition) is 3. The molecule has 1 heterocycles. The van der Waals surface area contributed by atoms with Gasteiger partial charge in [0, 0.05) is 16.5 Å². The maximum atomic E-state index is 12.2. The van der Waals surface area contributed by atoms with Crippen LogP contribution in [0.25, 0.3) is 10.8 Å². The maximum Gasteiger partial charge on any atom is 0.272 e. The molecule has 3 N–H and O–H groups in total. The van der Waals surface area contributed by atoms with E-state index in [1.807, 2.05) is 6.07 Å². The number of rotatable bonds is 3. The van der Waals surface area contributed by atoms with Crippen LogP contribution in [0, 0.1) is 0 Å². The van der Waals surface area contributed by atoms with Crippen molar-refractivity contribution in [3.05, 3.63) is 59.9 Å². The number of aromatic nitrogens is 1. The van der Waals surface area contributed by atoms with Gasteiger partial charge >= 0.3 is 0 Å². The molecule has 0 unspecified atom stereocenters. The van der Waals surface area contributed by atoms with Crippen molar-refractivity contribution in [3.63, 3.8) is 0 Å². The predicted molar refractivity (Wildman–Crippen MR) is 79.7 cm³/mol. The largest absolute Gasteiger partial charge is 0.507 e. The van der Waals surface area contributed by atoms with E-state index in [0.29, 0.717) is 28.7 Å². The molecule has 1 aromatic heterocycles. The standard InChI is InChI=1S/C16H12N2O3/c19-9-10-7-8-14(17-10)16(21)18-13-5-1-4-12-11(13)3-2-6-15(12)20/h1-9,17,20H,(H,18,21). The molecule has 3 aromatic rings. The minimum absolute atomic E-state index is 0.159. The van der Waals surface area contributed by atoms with E-state index in [1.54, 1.807) is 36.4 Å². The summed E-state index contributed by atoms with van der Waals surface area (Å²) in [6, 6.07) is 13.5. The second kappa shape index (κ2) is 5.13. The second-order valence-corrected chi connectivity index (χ2v) is 4.58. The molecule has 0 saturated heterocycles. The predicted octanol–water partition coefficient (Wildman–Crippen LogP) is 2.94. The Morgan fingerprint density at radius 1 is 1.05 bits per heavy atom. The first-order valence-corrected chi connectivity index (χ1v) is 6.35. The second-order valence-electron chi connectivity index (χ2n) is 4.58. The fraction of sp³-hybridized carbons (Fsp3) is 0. The van der Waals surface area contributed by atoms with Crippen molar-refractivity contribution in [2.24, 2.45) is 0 Å². The molecular weight excluding hydrogens is 268 g/mol. The van der Waals surface area contributed by atoms with Gasteiger partial charge in [-0.25, -0.2) is 0 Å². The van der Waals surface area contributed by atoms with E-state index in [1.165, 1.54) is 6.07 Å². The monoisotopic (exact) mass is 280 g/mol. The third-order valence-electron chi connectivity index (χ3n) is 3.23. The third kappa shape index (κ3) is 2.36. The number of fused-ring (bicyclic) bond motifs is 1. The van der Waals surface area contributed by atoms with Gasteiger partial charge in [0.15, 0.2) is 6.29 Å². The smallest absolute Gasteiger partial charge is 0.272 e. The van der Waals surface area contributed by atoms with Crippen LogP contribution in [0.1, 0.15) is 21.0 Å². The van der Waals surface area contributed by atoms with Gasteiger partial charge in [0.25, 0.3) is 5.91 Å². The average Bonchev–Trinajstić information content (AvgIpc) is 2.97. The molecule has 21 heavy (non-hydrogen) atoms. The highest BCUT2D eigenvalue weighted by atomic mass is 16.3. The zero-order chi connectivity index (χ0) is 14.8. The zero-order valence-corrected chi connectivity index (χ0v) is 11.0. The molecule has 0 radical (unpaired) electrons. The Balaban J connectivity index is 1.96. The molecule has 2 aromatic carbocycles. The Labute approximate surface area is 120 Å². The number of amides is 1. The van der Waals surface area contributed by atoms with Crippen molar-refractivity contribution in [1.29, 1.82) is 0 Å². The molecule has 3 rings (SSSR count). The van der Waals surface area contributed by atoms with Crippen LogP contribution < -0.4 is 5.32 Å². The van der Waals surface area contributed by atoms with Crippen molar-refractivity contribution in [3.8, 4) is 5.75 Å². The minimum atomic E-state index is -0.348. The number of carbonyl (C=O) groups excluding carboxylic acids is 2. The first-order valence-electron chi connectivity index (χ1n) is 6.35. The molecule has 1 amide bonds. The van der Waals surface area contributed by atoms with Crippen LogP contribution in [-0.2, 0) is 0 Å². The topological polar surface area (TPSA) is 82.2 Å². The molecule has 0 atom stereocenters. The van der Waals surface area contributed by atoms with Crippen LogP contribution in [0.5, 0.6) is 5.75 Å². The number of aromatic amines is 1. The number of anilines is 1. The van der Waals surface area contributed by atoms with Crippen LogP contribution in [0.4, 0.5) is 5.69 Å². The SMILES string of the molecule is O=Cc1ccc(C(=O)Nc2cccc3c(O)cccc23)[nH]1. The summed E-state index contributed by atoms with van der Waals surface area (Å²) in [7, 11) is 0. The number of aldehydes is 1. The average molecular weight is 280 g/mol. The normalized spacial score (nSPS) is 10.5. The van der Waals surface area contributed by atoms with E-state index in [4.69, 9.17) is 0 Å². The molecule has 0 saturated carbocycles. The lowest BCUT2D eigenvalue weighted by molar-refractivity contribution is 0.102. The molecule has 5 heteroatoms. The fourth-order valence-electron chi connectivity index (χ4n) is 2.21. The van der Waals surface area contributed by atoms with Crippen molar-refractivity contribution in [2.45, 2.75) is 0 Å². The van der Waals surface area contributed by atoms with Crippen molar-refractivity contribution >= 4 is 28.7 Å². The summed E-state index contributed by atoms with van der Waals surface area (Å²) in [6.45, 7) is 0. The molecule has 104 valence electrons. The van der Waals surface area contributed by atoms with E-state index in [-0.39, 0.29) is 11.7 Å². The molecular formula is C16H12N2O3. The van der Waals surface area contributed by atoms with Crippen LogP contribution in [-0.4, -0.2) is 22.3 Å². The van der Waals surface area contributed by atoms with Crippen molar-refractivity contribution < 1.29 is 14.7 Å². The lowest BCUT2D eigenvalue weighted by atomic mass is 10.1. The Kier molecular flexibility index (Phi) is 3.16. The van der Waals surface area contributed by atoms with Crippen LogP contribution >= 0.6 is 0 Å². The van der Waals surface area contributed by atoms with E-state index < -0.39 is 0 Å². The minimum Gasteiger partial charge on any atom is -0.507 e. The van der Waals surface area contributed by atoms with Gasteiger partial charge in [0.2, 0.25) is 0 Å². The number of aromatic hydroxyl groups is 1. The van der Waals surface area contributed by atoms with Crippen LogP contribution in [0.2, 0.25) is 0 Å². The molecule has 0 aliphatic heterocycles. The van der Waals surface area contributed by atoms with E-state index in [2.05, 4.69) is 10.3 Å². The molecule has 0 aliphatic rings. The molecule has 0 spiro atoms. The zero-order valence-electron chi connectivity index (χ0n) is 11.0. The first-order chi connectivity index (χ1) is 10.2. The highest BCUT2D eigenvalue weighted by Gasteiger charge is 2.11. The number of phenolic OH excluding ortho intramolecular Hbond substituents is 1. The highest BCUT2D eigenvalue weighted by Crippen LogP contribution is 2.29. The van der Waals surface area contributed by atoms with E-state index in [0.717, 1.165) is 5.39 Å². The fourth-order valence-corrected chi connectivity index (χ4v) is 2.21. The van der Waals surface area contributed by atoms with Crippen molar-refractivity contribution in [2.75, 3.05) is 5.32 Å². The van der Waals surface area contributed by atoms with Gasteiger partial charge in [0.1, 0.15) is 11.4 Å². The van der Waals surface area contributed by atoms with Gasteiger partial charge < -0.3 is 15.4 Å². The molecule has 5 nitrogen and oxygen atoms in total. The Hall–Kier alpha value is -3.08. The van der Waals surface area contributed by atoms with Gasteiger partial charge in [-0.15, -0.1) is 0 Å². The first kappa shape index (κ1) is 12.9. The summed E-state index contributed by atoms with van der Waals surface area (Å²) in [6.07, 6.45) is 0.646. The summed E-state index contributed by atoms with van der Waals surface area (Å²) < 4.78 is 0. The van der Waals surface area contributed by atoms with Gasteiger partial charge in [-0.2, -0.15) is 0 Å². The Morgan fingerprint density at radius 3 is 2.57 bits per heavy atom. The molecule has 0 bridgehead atoms. The van der Waals surface area contributed by atoms with Gasteiger partial charge in [-0.05, 0) is 24.3 Å².